The number of sulfonamides is 1. The largest absolute Gasteiger partial charge is 0.338 e. The summed E-state index contributed by atoms with van der Waals surface area (Å²) < 4.78 is 26.5. The topological polar surface area (TPSA) is 91.2 Å². The molecule has 1 atom stereocenters. The Morgan fingerprint density at radius 3 is 2.18 bits per heavy atom. The first-order chi connectivity index (χ1) is 13.3. The molecule has 2 rings (SSSR count). The van der Waals surface area contributed by atoms with E-state index >= 15 is 0 Å². The van der Waals surface area contributed by atoms with Gasteiger partial charge in [-0.15, -0.1) is 0 Å². The SMILES string of the molecule is CCN(CC)C(=O)C[NH+](C)CC(=O)Nc1ccc(S(=O)(=O)N2CCCC2)cc1. The molecule has 1 unspecified atom stereocenters. The summed E-state index contributed by atoms with van der Waals surface area (Å²) in [6, 6.07) is 6.22. The molecule has 0 radical (unpaired) electrons. The molecule has 0 bridgehead atoms. The number of nitrogens with zero attached hydrogens (tertiary/aromatic N) is 2. The molecule has 0 spiro atoms. The zero-order chi connectivity index (χ0) is 20.7. The van der Waals surface area contributed by atoms with Crippen molar-refractivity contribution in [2.75, 3.05) is 51.6 Å². The molecule has 2 amide bonds. The number of carbonyl (C=O) groups excluding carboxylic acids is 2. The summed E-state index contributed by atoms with van der Waals surface area (Å²) in [6.45, 7) is 6.68. The summed E-state index contributed by atoms with van der Waals surface area (Å²) in [5.74, 6) is -0.202. The van der Waals surface area contributed by atoms with Crippen molar-refractivity contribution in [1.82, 2.24) is 9.21 Å². The Balaban J connectivity index is 1.89. The molecule has 2 N–H and O–H groups in total. The highest BCUT2D eigenvalue weighted by atomic mass is 32.2. The molecular formula is C19H31N4O4S+. The first kappa shape index (κ1) is 22.3. The predicted molar refractivity (Wildman–Crippen MR) is 108 cm³/mol. The van der Waals surface area contributed by atoms with Crippen LogP contribution in [0.5, 0.6) is 0 Å². The second-order valence-corrected chi connectivity index (χ2v) is 9.00. The Hall–Kier alpha value is -1.97. The first-order valence-electron chi connectivity index (χ1n) is 9.77. The number of quaternary nitrogens is 1. The van der Waals surface area contributed by atoms with E-state index in [1.54, 1.807) is 24.1 Å². The maximum Gasteiger partial charge on any atom is 0.279 e. The van der Waals surface area contributed by atoms with Gasteiger partial charge in [0.15, 0.2) is 13.1 Å². The van der Waals surface area contributed by atoms with Crippen LogP contribution in [0.4, 0.5) is 5.69 Å². The van der Waals surface area contributed by atoms with Crippen LogP contribution < -0.4 is 10.2 Å². The van der Waals surface area contributed by atoms with Gasteiger partial charge in [0.05, 0.1) is 11.9 Å². The summed E-state index contributed by atoms with van der Waals surface area (Å²) in [5.41, 5.74) is 0.535. The van der Waals surface area contributed by atoms with Crippen molar-refractivity contribution in [3.05, 3.63) is 24.3 Å². The van der Waals surface area contributed by atoms with E-state index < -0.39 is 10.0 Å². The fourth-order valence-electron chi connectivity index (χ4n) is 3.28. The molecule has 1 aromatic carbocycles. The van der Waals surface area contributed by atoms with E-state index in [1.807, 2.05) is 13.8 Å². The highest BCUT2D eigenvalue weighted by Crippen LogP contribution is 2.22. The maximum atomic E-state index is 12.5. The van der Waals surface area contributed by atoms with Gasteiger partial charge in [-0.1, -0.05) is 0 Å². The molecule has 1 aromatic rings. The van der Waals surface area contributed by atoms with Gasteiger partial charge in [0.2, 0.25) is 10.0 Å². The monoisotopic (exact) mass is 411 g/mol. The molecule has 0 aliphatic carbocycles. The molecule has 0 saturated carbocycles. The molecule has 1 fully saturated rings. The van der Waals surface area contributed by atoms with E-state index in [-0.39, 0.29) is 29.8 Å². The van der Waals surface area contributed by atoms with Gasteiger partial charge in [0, 0.05) is 31.9 Å². The summed E-state index contributed by atoms with van der Waals surface area (Å²) in [7, 11) is -1.66. The van der Waals surface area contributed by atoms with E-state index in [1.165, 1.54) is 16.4 Å². The number of benzene rings is 1. The number of likely N-dealkylation sites (N-methyl/N-ethyl adjacent to an activating group) is 2. The highest BCUT2D eigenvalue weighted by molar-refractivity contribution is 7.89. The molecule has 1 heterocycles. The van der Waals surface area contributed by atoms with E-state index in [0.29, 0.717) is 31.9 Å². The van der Waals surface area contributed by atoms with Crippen LogP contribution in [0.25, 0.3) is 0 Å². The Morgan fingerprint density at radius 1 is 1.07 bits per heavy atom. The lowest BCUT2D eigenvalue weighted by atomic mass is 10.3. The fraction of sp³-hybridized carbons (Fsp3) is 0.579. The Kier molecular flexibility index (Phi) is 7.97. The number of hydrogen-bond acceptors (Lipinski definition) is 4. The van der Waals surface area contributed by atoms with Crippen molar-refractivity contribution in [3.63, 3.8) is 0 Å². The number of rotatable bonds is 9. The lowest BCUT2D eigenvalue weighted by Gasteiger charge is -2.21. The zero-order valence-corrected chi connectivity index (χ0v) is 17.7. The third-order valence-electron chi connectivity index (χ3n) is 4.87. The molecule has 8 nitrogen and oxygen atoms in total. The van der Waals surface area contributed by atoms with Crippen LogP contribution >= 0.6 is 0 Å². The molecular weight excluding hydrogens is 380 g/mol. The minimum atomic E-state index is -3.46. The van der Waals surface area contributed by atoms with Crippen LogP contribution in [-0.2, 0) is 19.6 Å². The van der Waals surface area contributed by atoms with Crippen molar-refractivity contribution in [3.8, 4) is 0 Å². The van der Waals surface area contributed by atoms with Crippen molar-refractivity contribution in [1.29, 1.82) is 0 Å². The van der Waals surface area contributed by atoms with Crippen molar-refractivity contribution < 1.29 is 22.9 Å². The normalized spacial score (nSPS) is 16.0. The molecule has 9 heteroatoms. The van der Waals surface area contributed by atoms with Gasteiger partial charge in [-0.3, -0.25) is 9.59 Å². The minimum absolute atomic E-state index is 0.0202. The molecule has 1 aliphatic heterocycles. The van der Waals surface area contributed by atoms with E-state index in [2.05, 4.69) is 5.32 Å². The molecule has 156 valence electrons. The summed E-state index contributed by atoms with van der Waals surface area (Å²) >= 11 is 0. The summed E-state index contributed by atoms with van der Waals surface area (Å²) in [6.07, 6.45) is 1.78. The average molecular weight is 412 g/mol. The zero-order valence-electron chi connectivity index (χ0n) is 16.9. The molecule has 1 aliphatic rings. The van der Waals surface area contributed by atoms with Gasteiger partial charge in [-0.2, -0.15) is 4.31 Å². The second-order valence-electron chi connectivity index (χ2n) is 7.06. The van der Waals surface area contributed by atoms with Crippen molar-refractivity contribution >= 4 is 27.5 Å². The van der Waals surface area contributed by atoms with Crippen molar-refractivity contribution in [2.24, 2.45) is 0 Å². The van der Waals surface area contributed by atoms with Crippen LogP contribution in [0.15, 0.2) is 29.2 Å². The number of anilines is 1. The summed E-state index contributed by atoms with van der Waals surface area (Å²) in [5, 5.41) is 2.76. The van der Waals surface area contributed by atoms with Crippen LogP contribution in [0.2, 0.25) is 0 Å². The Labute approximate surface area is 167 Å². The van der Waals surface area contributed by atoms with E-state index in [0.717, 1.165) is 17.7 Å². The third kappa shape index (κ3) is 5.76. The minimum Gasteiger partial charge on any atom is -0.338 e. The van der Waals surface area contributed by atoms with E-state index in [9.17, 15) is 18.0 Å². The Morgan fingerprint density at radius 2 is 1.64 bits per heavy atom. The Bertz CT molecular complexity index is 770. The number of amides is 2. The maximum absolute atomic E-state index is 12.5. The lowest BCUT2D eigenvalue weighted by Crippen LogP contribution is -3.11. The highest BCUT2D eigenvalue weighted by Gasteiger charge is 2.27. The summed E-state index contributed by atoms with van der Waals surface area (Å²) in [4.78, 5) is 27.1. The van der Waals surface area contributed by atoms with E-state index in [4.69, 9.17) is 0 Å². The van der Waals surface area contributed by atoms with Gasteiger partial charge in [0.25, 0.3) is 11.8 Å². The van der Waals surface area contributed by atoms with Crippen LogP contribution in [0, 0.1) is 0 Å². The smallest absolute Gasteiger partial charge is 0.279 e. The van der Waals surface area contributed by atoms with Gasteiger partial charge < -0.3 is 15.1 Å². The molecule has 28 heavy (non-hydrogen) atoms. The van der Waals surface area contributed by atoms with Crippen molar-refractivity contribution in [2.45, 2.75) is 31.6 Å². The van der Waals surface area contributed by atoms with Gasteiger partial charge >= 0.3 is 0 Å². The number of carbonyl (C=O) groups is 2. The number of hydrogen-bond donors (Lipinski definition) is 2. The van der Waals surface area contributed by atoms with Gasteiger partial charge in [-0.05, 0) is 51.0 Å². The van der Waals surface area contributed by atoms with Crippen LogP contribution in [0.1, 0.15) is 26.7 Å². The third-order valence-corrected chi connectivity index (χ3v) is 6.79. The van der Waals surface area contributed by atoms with Crippen LogP contribution in [0.3, 0.4) is 0 Å². The lowest BCUT2D eigenvalue weighted by molar-refractivity contribution is -0.862. The predicted octanol–water partition coefficient (Wildman–Crippen LogP) is -0.207. The van der Waals surface area contributed by atoms with Gasteiger partial charge in [0.1, 0.15) is 0 Å². The standard InChI is InChI=1S/C19H30N4O4S/c1-4-22(5-2)19(25)15-21(3)14-18(24)20-16-8-10-17(11-9-16)28(26,27)23-12-6-7-13-23/h8-11H,4-7,12-15H2,1-3H3,(H,20,24)/p+1. The quantitative estimate of drug-likeness (QED) is 0.588. The second kappa shape index (κ2) is 9.99. The fourth-order valence-corrected chi connectivity index (χ4v) is 4.79. The average Bonchev–Trinajstić information content (AvgIpc) is 3.18. The first-order valence-corrected chi connectivity index (χ1v) is 11.2. The molecule has 0 aromatic heterocycles. The van der Waals surface area contributed by atoms with Crippen LogP contribution in [-0.4, -0.2) is 75.8 Å². The molecule has 1 saturated heterocycles. The number of nitrogens with one attached hydrogen (secondary N) is 2. The van der Waals surface area contributed by atoms with Gasteiger partial charge in [-0.25, -0.2) is 8.42 Å².